The van der Waals surface area contributed by atoms with Crippen LogP contribution in [0, 0.1) is 0 Å². The Labute approximate surface area is 124 Å². The Morgan fingerprint density at radius 2 is 1.40 bits per heavy atom. The van der Waals surface area contributed by atoms with E-state index >= 15 is 0 Å². The van der Waals surface area contributed by atoms with Gasteiger partial charge in [0.1, 0.15) is 0 Å². The molecule has 1 unspecified atom stereocenters. The van der Waals surface area contributed by atoms with Gasteiger partial charge in [0.15, 0.2) is 0 Å². The van der Waals surface area contributed by atoms with Crippen LogP contribution < -0.4 is 5.32 Å². The predicted molar refractivity (Wildman–Crippen MR) is 81.3 cm³/mol. The van der Waals surface area contributed by atoms with Gasteiger partial charge in [-0.15, -0.1) is 0 Å². The lowest BCUT2D eigenvalue weighted by Crippen LogP contribution is -2.33. The summed E-state index contributed by atoms with van der Waals surface area (Å²) in [5, 5.41) is 3.34. The molecule has 0 fully saturated rings. The third-order valence-electron chi connectivity index (χ3n) is 2.70. The lowest BCUT2D eigenvalue weighted by molar-refractivity contribution is 0.0140. The third-order valence-corrected chi connectivity index (χ3v) is 2.70. The molecule has 0 aliphatic rings. The molecule has 0 heterocycles. The molecule has 0 saturated carbocycles. The second-order valence-corrected chi connectivity index (χ2v) is 4.71. The number of nitrogens with one attached hydrogen (secondary N) is 1. The molecule has 0 radical (unpaired) electrons. The van der Waals surface area contributed by atoms with Crippen molar-refractivity contribution in [2.45, 2.75) is 39.7 Å². The zero-order chi connectivity index (χ0) is 14.9. The van der Waals surface area contributed by atoms with Crippen molar-refractivity contribution in [3.63, 3.8) is 0 Å². The minimum absolute atomic E-state index is 0.370. The Bertz CT molecular complexity index is 181. The maximum atomic E-state index is 5.46. The molecule has 0 saturated heterocycles. The second kappa shape index (κ2) is 16.9. The van der Waals surface area contributed by atoms with Crippen molar-refractivity contribution in [1.82, 2.24) is 5.32 Å². The normalized spacial score (nSPS) is 12.8. The molecular weight excluding hydrogens is 258 g/mol. The minimum atomic E-state index is 0.370. The van der Waals surface area contributed by atoms with Crippen LogP contribution in [-0.4, -0.2) is 65.4 Å². The number of ether oxygens (including phenoxy) is 4. The molecule has 0 rings (SSSR count). The summed E-state index contributed by atoms with van der Waals surface area (Å²) in [7, 11) is 0. The first kappa shape index (κ1) is 19.8. The quantitative estimate of drug-likeness (QED) is 0.440. The van der Waals surface area contributed by atoms with E-state index < -0.39 is 0 Å². The van der Waals surface area contributed by atoms with Gasteiger partial charge >= 0.3 is 0 Å². The van der Waals surface area contributed by atoms with E-state index in [9.17, 15) is 0 Å². The summed E-state index contributed by atoms with van der Waals surface area (Å²) >= 11 is 0. The Hall–Kier alpha value is -0.200. The third kappa shape index (κ3) is 15.9. The first-order valence-electron chi connectivity index (χ1n) is 7.85. The van der Waals surface area contributed by atoms with Crippen LogP contribution >= 0.6 is 0 Å². The maximum Gasteiger partial charge on any atom is 0.0701 e. The Kier molecular flexibility index (Phi) is 16.7. The van der Waals surface area contributed by atoms with Gasteiger partial charge in [-0.1, -0.05) is 13.3 Å². The van der Waals surface area contributed by atoms with Crippen molar-refractivity contribution in [3.05, 3.63) is 0 Å². The van der Waals surface area contributed by atoms with E-state index in [1.807, 2.05) is 6.92 Å². The van der Waals surface area contributed by atoms with Gasteiger partial charge in [0.2, 0.25) is 0 Å². The molecule has 5 nitrogen and oxygen atoms in total. The highest BCUT2D eigenvalue weighted by Gasteiger charge is 1.99. The molecule has 0 aliphatic carbocycles. The molecule has 5 heteroatoms. The zero-order valence-electron chi connectivity index (χ0n) is 13.5. The fourth-order valence-corrected chi connectivity index (χ4v) is 1.52. The van der Waals surface area contributed by atoms with E-state index in [2.05, 4.69) is 19.2 Å². The molecule has 0 spiro atoms. The summed E-state index contributed by atoms with van der Waals surface area (Å²) in [4.78, 5) is 0. The monoisotopic (exact) mass is 291 g/mol. The average Bonchev–Trinajstić information content (AvgIpc) is 2.46. The molecular formula is C15H33NO4. The maximum absolute atomic E-state index is 5.46. The number of hydrogen-bond acceptors (Lipinski definition) is 5. The lowest BCUT2D eigenvalue weighted by atomic mass is 10.3. The average molecular weight is 291 g/mol. The SMILES string of the molecule is CCCCOCCOCCOCCNC(C)COCC. The molecule has 1 N–H and O–H groups in total. The van der Waals surface area contributed by atoms with Crippen LogP contribution in [-0.2, 0) is 18.9 Å². The van der Waals surface area contributed by atoms with Gasteiger partial charge in [-0.05, 0) is 20.3 Å². The fraction of sp³-hybridized carbons (Fsp3) is 1.00. The zero-order valence-corrected chi connectivity index (χ0v) is 13.5. The van der Waals surface area contributed by atoms with Crippen LogP contribution in [0.3, 0.4) is 0 Å². The molecule has 0 bridgehead atoms. The summed E-state index contributed by atoms with van der Waals surface area (Å²) in [6.07, 6.45) is 2.30. The van der Waals surface area contributed by atoms with E-state index in [4.69, 9.17) is 18.9 Å². The molecule has 122 valence electrons. The van der Waals surface area contributed by atoms with Gasteiger partial charge in [-0.3, -0.25) is 0 Å². The van der Waals surface area contributed by atoms with Crippen LogP contribution in [0.4, 0.5) is 0 Å². The smallest absolute Gasteiger partial charge is 0.0701 e. The van der Waals surface area contributed by atoms with Crippen LogP contribution in [0.2, 0.25) is 0 Å². The van der Waals surface area contributed by atoms with E-state index in [0.29, 0.717) is 39.1 Å². The summed E-state index contributed by atoms with van der Waals surface area (Å²) in [6, 6.07) is 0.370. The lowest BCUT2D eigenvalue weighted by Gasteiger charge is -2.13. The molecule has 0 aromatic carbocycles. The highest BCUT2D eigenvalue weighted by molar-refractivity contribution is 4.58. The highest BCUT2D eigenvalue weighted by atomic mass is 16.5. The number of unbranched alkanes of at least 4 members (excludes halogenated alkanes) is 1. The van der Waals surface area contributed by atoms with Crippen molar-refractivity contribution < 1.29 is 18.9 Å². The fourth-order valence-electron chi connectivity index (χ4n) is 1.52. The minimum Gasteiger partial charge on any atom is -0.380 e. The second-order valence-electron chi connectivity index (χ2n) is 4.71. The first-order chi connectivity index (χ1) is 9.81. The van der Waals surface area contributed by atoms with Crippen LogP contribution in [0.15, 0.2) is 0 Å². The van der Waals surface area contributed by atoms with Gasteiger partial charge in [0, 0.05) is 25.8 Å². The predicted octanol–water partition coefficient (Wildman–Crippen LogP) is 1.85. The Balaban J connectivity index is 3.02. The van der Waals surface area contributed by atoms with E-state index in [0.717, 1.165) is 32.8 Å². The van der Waals surface area contributed by atoms with Gasteiger partial charge in [0.05, 0.1) is 39.6 Å². The number of hydrogen-bond donors (Lipinski definition) is 1. The van der Waals surface area contributed by atoms with Gasteiger partial charge in [-0.2, -0.15) is 0 Å². The number of rotatable bonds is 16. The van der Waals surface area contributed by atoms with Crippen LogP contribution in [0.1, 0.15) is 33.6 Å². The molecule has 1 atom stereocenters. The van der Waals surface area contributed by atoms with E-state index in [-0.39, 0.29) is 0 Å². The molecule has 0 aromatic heterocycles. The highest BCUT2D eigenvalue weighted by Crippen LogP contribution is 1.88. The van der Waals surface area contributed by atoms with Crippen LogP contribution in [0.5, 0.6) is 0 Å². The Morgan fingerprint density at radius 3 is 2.00 bits per heavy atom. The summed E-state index contributed by atoms with van der Waals surface area (Å²) in [6.45, 7) is 12.8. The standard InChI is InChI=1S/C15H33NO4/c1-4-6-8-18-10-12-20-13-11-19-9-7-16-15(3)14-17-5-2/h15-16H,4-14H2,1-3H3. The first-order valence-corrected chi connectivity index (χ1v) is 7.85. The largest absolute Gasteiger partial charge is 0.380 e. The summed E-state index contributed by atoms with van der Waals surface area (Å²) in [5.74, 6) is 0. The Morgan fingerprint density at radius 1 is 0.800 bits per heavy atom. The van der Waals surface area contributed by atoms with E-state index in [1.54, 1.807) is 0 Å². The summed E-state index contributed by atoms with van der Waals surface area (Å²) in [5.41, 5.74) is 0. The van der Waals surface area contributed by atoms with Crippen molar-refractivity contribution in [1.29, 1.82) is 0 Å². The van der Waals surface area contributed by atoms with Crippen LogP contribution in [0.25, 0.3) is 0 Å². The van der Waals surface area contributed by atoms with E-state index in [1.165, 1.54) is 6.42 Å². The van der Waals surface area contributed by atoms with Crippen molar-refractivity contribution in [2.24, 2.45) is 0 Å². The van der Waals surface area contributed by atoms with Crippen molar-refractivity contribution in [3.8, 4) is 0 Å². The van der Waals surface area contributed by atoms with Crippen molar-refractivity contribution in [2.75, 3.05) is 59.4 Å². The van der Waals surface area contributed by atoms with Crippen molar-refractivity contribution >= 4 is 0 Å². The molecule has 0 aromatic rings. The summed E-state index contributed by atoms with van der Waals surface area (Å²) < 4.78 is 21.6. The topological polar surface area (TPSA) is 49.0 Å². The van der Waals surface area contributed by atoms with Gasteiger partial charge in [-0.25, -0.2) is 0 Å². The molecule has 0 aliphatic heterocycles. The van der Waals surface area contributed by atoms with Gasteiger partial charge < -0.3 is 24.3 Å². The van der Waals surface area contributed by atoms with Gasteiger partial charge in [0.25, 0.3) is 0 Å². The molecule has 20 heavy (non-hydrogen) atoms. The molecule has 0 amide bonds.